The maximum absolute atomic E-state index is 8.25. The number of aryl methyl sites for hydroxylation is 1. The standard InChI is InChI=1S/C19H21N3.CH3O.K/c1-4-14(13-8-9-13)12-15(5-1)18-16-6-2-7-17(16)20-19(21-18)22-10-3-11-22;1-2;/h1,4-5,12-13H,2-3,6-11H2;1H3;/q;-1;+1. The number of rotatable bonds is 3. The van der Waals surface area contributed by atoms with Crippen LogP contribution in [0.3, 0.4) is 0 Å². The van der Waals surface area contributed by atoms with Gasteiger partial charge in [-0.3, -0.25) is 0 Å². The molecule has 25 heavy (non-hydrogen) atoms. The van der Waals surface area contributed by atoms with Gasteiger partial charge in [-0.1, -0.05) is 18.2 Å². The molecule has 2 aliphatic carbocycles. The van der Waals surface area contributed by atoms with Gasteiger partial charge < -0.3 is 10.0 Å². The predicted molar refractivity (Wildman–Crippen MR) is 94.2 cm³/mol. The second kappa shape index (κ2) is 8.59. The summed E-state index contributed by atoms with van der Waals surface area (Å²) in [6.07, 6.45) is 7.46. The SMILES string of the molecule is C[O-].[K+].c1cc(-c2nc(N3CCC3)nc3c2CCC3)cc(C2CC2)c1. The van der Waals surface area contributed by atoms with Gasteiger partial charge in [-0.05, 0) is 56.1 Å². The average Bonchev–Trinajstić information content (AvgIpc) is 3.33. The maximum Gasteiger partial charge on any atom is 1.00 e. The van der Waals surface area contributed by atoms with Crippen molar-refractivity contribution in [1.29, 1.82) is 0 Å². The quantitative estimate of drug-likeness (QED) is 0.705. The van der Waals surface area contributed by atoms with E-state index in [9.17, 15) is 0 Å². The second-order valence-electron chi connectivity index (χ2n) is 6.89. The molecule has 126 valence electrons. The van der Waals surface area contributed by atoms with E-state index in [2.05, 4.69) is 29.2 Å². The topological polar surface area (TPSA) is 52.1 Å². The van der Waals surface area contributed by atoms with Crippen LogP contribution in [0.25, 0.3) is 11.3 Å². The minimum atomic E-state index is 0. The molecule has 2 fully saturated rings. The summed E-state index contributed by atoms with van der Waals surface area (Å²) in [5, 5.41) is 8.25. The number of aromatic nitrogens is 2. The Hall–Kier alpha value is -0.304. The van der Waals surface area contributed by atoms with Gasteiger partial charge in [0.25, 0.3) is 0 Å². The Labute approximate surface area is 192 Å². The summed E-state index contributed by atoms with van der Waals surface area (Å²) in [6, 6.07) is 9.08. The maximum atomic E-state index is 8.25. The molecule has 4 nitrogen and oxygen atoms in total. The Morgan fingerprint density at radius 3 is 2.52 bits per heavy atom. The van der Waals surface area contributed by atoms with Crippen LogP contribution in [-0.4, -0.2) is 30.2 Å². The summed E-state index contributed by atoms with van der Waals surface area (Å²) < 4.78 is 0. The van der Waals surface area contributed by atoms with E-state index in [1.807, 2.05) is 0 Å². The van der Waals surface area contributed by atoms with E-state index in [-0.39, 0.29) is 51.4 Å². The van der Waals surface area contributed by atoms with Crippen molar-refractivity contribution in [2.75, 3.05) is 25.1 Å². The number of benzene rings is 1. The smallest absolute Gasteiger partial charge is 0.857 e. The van der Waals surface area contributed by atoms with Crippen molar-refractivity contribution in [3.63, 3.8) is 0 Å². The van der Waals surface area contributed by atoms with Crippen molar-refractivity contribution in [1.82, 2.24) is 9.97 Å². The largest absolute Gasteiger partial charge is 1.00 e. The van der Waals surface area contributed by atoms with E-state index >= 15 is 0 Å². The van der Waals surface area contributed by atoms with Crippen LogP contribution in [0.5, 0.6) is 0 Å². The van der Waals surface area contributed by atoms with Crippen molar-refractivity contribution in [2.24, 2.45) is 0 Å². The Balaban J connectivity index is 0.000000588. The van der Waals surface area contributed by atoms with Gasteiger partial charge in [0.05, 0.1) is 5.69 Å². The van der Waals surface area contributed by atoms with E-state index < -0.39 is 0 Å². The van der Waals surface area contributed by atoms with Crippen LogP contribution in [0, 0.1) is 0 Å². The Kier molecular flexibility index (Phi) is 6.69. The molecule has 5 rings (SSSR count). The zero-order valence-corrected chi connectivity index (χ0v) is 18.4. The minimum Gasteiger partial charge on any atom is -0.857 e. The molecular weight excluding hydrogens is 337 g/mol. The number of nitrogens with zero attached hydrogens (tertiary/aromatic N) is 3. The van der Waals surface area contributed by atoms with Gasteiger partial charge in [0.1, 0.15) is 0 Å². The summed E-state index contributed by atoms with van der Waals surface area (Å²) >= 11 is 0. The van der Waals surface area contributed by atoms with Crippen LogP contribution in [0.2, 0.25) is 0 Å². The van der Waals surface area contributed by atoms with Crippen LogP contribution in [0.15, 0.2) is 24.3 Å². The molecule has 1 aromatic heterocycles. The molecule has 2 aromatic rings. The normalized spacial score (nSPS) is 17.8. The molecular formula is C20H24KN3O. The van der Waals surface area contributed by atoms with Crippen LogP contribution < -0.4 is 61.4 Å². The minimum absolute atomic E-state index is 0. The van der Waals surface area contributed by atoms with Crippen LogP contribution >= 0.6 is 0 Å². The molecule has 5 heteroatoms. The molecule has 0 spiro atoms. The fraction of sp³-hybridized carbons (Fsp3) is 0.500. The van der Waals surface area contributed by atoms with Crippen LogP contribution in [0.1, 0.15) is 48.4 Å². The Bertz CT molecular complexity index is 742. The Morgan fingerprint density at radius 1 is 1.04 bits per heavy atom. The van der Waals surface area contributed by atoms with Gasteiger partial charge in [0, 0.05) is 29.9 Å². The van der Waals surface area contributed by atoms with E-state index in [1.54, 1.807) is 0 Å². The molecule has 0 atom stereocenters. The molecule has 0 unspecified atom stereocenters. The second-order valence-corrected chi connectivity index (χ2v) is 6.89. The van der Waals surface area contributed by atoms with Gasteiger partial charge in [0.15, 0.2) is 0 Å². The zero-order valence-electron chi connectivity index (χ0n) is 15.3. The summed E-state index contributed by atoms with van der Waals surface area (Å²) in [5.41, 5.74) is 6.69. The first-order valence-electron chi connectivity index (χ1n) is 9.04. The summed E-state index contributed by atoms with van der Waals surface area (Å²) in [5.74, 6) is 1.75. The summed E-state index contributed by atoms with van der Waals surface area (Å²) in [4.78, 5) is 12.1. The molecule has 1 saturated carbocycles. The third-order valence-corrected chi connectivity index (χ3v) is 5.27. The van der Waals surface area contributed by atoms with E-state index in [1.165, 1.54) is 53.8 Å². The van der Waals surface area contributed by atoms with Crippen molar-refractivity contribution in [2.45, 2.75) is 44.4 Å². The van der Waals surface area contributed by atoms with Crippen molar-refractivity contribution in [3.05, 3.63) is 41.1 Å². The van der Waals surface area contributed by atoms with Crippen LogP contribution in [0.4, 0.5) is 5.95 Å². The molecule has 1 saturated heterocycles. The monoisotopic (exact) mass is 361 g/mol. The Morgan fingerprint density at radius 2 is 1.84 bits per heavy atom. The van der Waals surface area contributed by atoms with Gasteiger partial charge in [-0.25, -0.2) is 9.97 Å². The van der Waals surface area contributed by atoms with Crippen molar-refractivity contribution in [3.8, 4) is 11.3 Å². The van der Waals surface area contributed by atoms with Crippen LogP contribution in [-0.2, 0) is 12.8 Å². The zero-order chi connectivity index (χ0) is 16.5. The van der Waals surface area contributed by atoms with Gasteiger partial charge in [0.2, 0.25) is 5.95 Å². The third-order valence-electron chi connectivity index (χ3n) is 5.27. The van der Waals surface area contributed by atoms with E-state index in [4.69, 9.17) is 15.1 Å². The molecule has 0 bridgehead atoms. The first-order chi connectivity index (χ1) is 11.9. The molecule has 3 aliphatic rings. The first kappa shape index (κ1) is 19.5. The van der Waals surface area contributed by atoms with Gasteiger partial charge in [-0.2, -0.15) is 7.11 Å². The summed E-state index contributed by atoms with van der Waals surface area (Å²) in [6.45, 7) is 2.22. The summed E-state index contributed by atoms with van der Waals surface area (Å²) in [7, 11) is 0.750. The molecule has 1 aromatic carbocycles. The molecule has 0 N–H and O–H groups in total. The number of fused-ring (bicyclic) bond motifs is 1. The number of anilines is 1. The molecule has 0 radical (unpaired) electrons. The fourth-order valence-electron chi connectivity index (χ4n) is 3.67. The van der Waals surface area contributed by atoms with Crippen molar-refractivity contribution >= 4 is 5.95 Å². The molecule has 0 amide bonds. The third kappa shape index (κ3) is 4.02. The van der Waals surface area contributed by atoms with Gasteiger partial charge >= 0.3 is 51.4 Å². The number of hydrogen-bond acceptors (Lipinski definition) is 4. The number of hydrogen-bond donors (Lipinski definition) is 0. The average molecular weight is 362 g/mol. The first-order valence-corrected chi connectivity index (χ1v) is 9.04. The van der Waals surface area contributed by atoms with Crippen molar-refractivity contribution < 1.29 is 56.5 Å². The van der Waals surface area contributed by atoms with E-state index in [0.29, 0.717) is 0 Å². The van der Waals surface area contributed by atoms with E-state index in [0.717, 1.165) is 44.9 Å². The van der Waals surface area contributed by atoms with Gasteiger partial charge in [-0.15, -0.1) is 0 Å². The molecule has 2 heterocycles. The predicted octanol–water partition coefficient (Wildman–Crippen LogP) is -0.300. The fourth-order valence-corrected chi connectivity index (χ4v) is 3.67. The molecule has 1 aliphatic heterocycles.